The highest BCUT2D eigenvalue weighted by atomic mass is 16.6. The van der Waals surface area contributed by atoms with Gasteiger partial charge in [0.2, 0.25) is 5.91 Å². The molecule has 2 aliphatic rings. The van der Waals surface area contributed by atoms with Gasteiger partial charge in [0, 0.05) is 31.0 Å². The van der Waals surface area contributed by atoms with E-state index in [-0.39, 0.29) is 23.7 Å². The van der Waals surface area contributed by atoms with Crippen molar-refractivity contribution in [2.24, 2.45) is 17.8 Å². The minimum absolute atomic E-state index is 0.00101. The monoisotopic (exact) mass is 519 g/mol. The number of alkyl carbamates (subject to hydrolysis) is 1. The third-order valence-electron chi connectivity index (χ3n) is 7.60. The van der Waals surface area contributed by atoms with Crippen LogP contribution in [0.4, 0.5) is 4.79 Å². The van der Waals surface area contributed by atoms with Crippen LogP contribution in [-0.4, -0.2) is 47.8 Å². The highest BCUT2D eigenvalue weighted by molar-refractivity contribution is 5.87. The summed E-state index contributed by atoms with van der Waals surface area (Å²) >= 11 is 0. The molecule has 2 aromatic rings. The van der Waals surface area contributed by atoms with E-state index in [1.54, 1.807) is 44.9 Å². The van der Waals surface area contributed by atoms with E-state index in [1.165, 1.54) is 0 Å². The Morgan fingerprint density at radius 2 is 1.84 bits per heavy atom. The number of hydrogen-bond donors (Lipinski definition) is 2. The first kappa shape index (κ1) is 27.5. The van der Waals surface area contributed by atoms with Crippen molar-refractivity contribution in [2.75, 3.05) is 20.2 Å². The van der Waals surface area contributed by atoms with Crippen molar-refractivity contribution in [1.82, 2.24) is 10.2 Å². The van der Waals surface area contributed by atoms with Crippen LogP contribution in [-0.2, 0) is 15.1 Å². The van der Waals surface area contributed by atoms with Gasteiger partial charge in [-0.05, 0) is 57.1 Å². The zero-order chi connectivity index (χ0) is 27.5. The highest BCUT2D eigenvalue weighted by Crippen LogP contribution is 2.53. The molecular weight excluding hydrogens is 482 g/mol. The molecule has 2 N–H and O–H groups in total. The smallest absolute Gasteiger partial charge is 0.408 e. The molecule has 8 nitrogen and oxygen atoms in total. The second-order valence-electron chi connectivity index (χ2n) is 11.4. The van der Waals surface area contributed by atoms with Crippen molar-refractivity contribution >= 4 is 12.0 Å². The lowest BCUT2D eigenvalue weighted by atomic mass is 9.63. The number of benzene rings is 2. The van der Waals surface area contributed by atoms with E-state index in [1.807, 2.05) is 42.5 Å². The van der Waals surface area contributed by atoms with Gasteiger partial charge < -0.3 is 24.8 Å². The third-order valence-corrected chi connectivity index (χ3v) is 7.60. The zero-order valence-corrected chi connectivity index (χ0v) is 22.5. The van der Waals surface area contributed by atoms with E-state index in [4.69, 9.17) is 9.47 Å². The summed E-state index contributed by atoms with van der Waals surface area (Å²) in [6.07, 6.45) is 0.828. The van der Waals surface area contributed by atoms with Crippen LogP contribution in [0, 0.1) is 29.1 Å². The number of nitriles is 1. The van der Waals surface area contributed by atoms with Gasteiger partial charge in [-0.3, -0.25) is 4.79 Å². The molecule has 2 fully saturated rings. The van der Waals surface area contributed by atoms with Gasteiger partial charge in [-0.1, -0.05) is 48.5 Å². The molecule has 0 spiro atoms. The standard InChI is InChI=1S/C30H37N3O5/c1-29(2,3)38-28(35)32-26(21-10-6-5-7-11-21)27(34)33-18-22-16-20(14-15-31)17-30(36,24(22)19-33)23-12-8-9-13-25(23)37-4/h5-13,20,22,24,26,36H,14,16-19H2,1-4H3,(H,32,35)/t20-,22+,24-,26+,30-/m1/s1. The van der Waals surface area contributed by atoms with Gasteiger partial charge in [0.05, 0.1) is 18.8 Å². The van der Waals surface area contributed by atoms with E-state index in [2.05, 4.69) is 11.4 Å². The van der Waals surface area contributed by atoms with Gasteiger partial charge in [0.25, 0.3) is 0 Å². The predicted molar refractivity (Wildman–Crippen MR) is 142 cm³/mol. The zero-order valence-electron chi connectivity index (χ0n) is 22.5. The molecule has 0 unspecified atom stereocenters. The highest BCUT2D eigenvalue weighted by Gasteiger charge is 2.54. The SMILES string of the molecule is COc1ccccc1[C@]1(O)C[C@H](CC#N)C[C@H]2CN(C(=O)[C@@H](NC(=O)OC(C)(C)C)c3ccccc3)C[C@H]21. The fraction of sp³-hybridized carbons (Fsp3) is 0.500. The maximum atomic E-state index is 14.0. The van der Waals surface area contributed by atoms with E-state index >= 15 is 0 Å². The molecule has 0 radical (unpaired) electrons. The van der Waals surface area contributed by atoms with Crippen molar-refractivity contribution in [3.05, 3.63) is 65.7 Å². The average Bonchev–Trinajstić information content (AvgIpc) is 3.32. The Kier molecular flexibility index (Phi) is 7.98. The Morgan fingerprint density at radius 3 is 2.50 bits per heavy atom. The summed E-state index contributed by atoms with van der Waals surface area (Å²) in [6.45, 7) is 6.08. The number of rotatable bonds is 6. The molecule has 1 saturated carbocycles. The Hall–Kier alpha value is -3.57. The molecule has 38 heavy (non-hydrogen) atoms. The van der Waals surface area contributed by atoms with Crippen LogP contribution in [0.5, 0.6) is 5.75 Å². The summed E-state index contributed by atoms with van der Waals surface area (Å²) in [5.74, 6) is 0.0890. The maximum absolute atomic E-state index is 14.0. The molecule has 2 amide bonds. The summed E-state index contributed by atoms with van der Waals surface area (Å²) in [5, 5.41) is 24.4. The first-order chi connectivity index (χ1) is 18.1. The Balaban J connectivity index is 1.64. The number of likely N-dealkylation sites (tertiary alicyclic amines) is 1. The van der Waals surface area contributed by atoms with Crippen molar-refractivity contribution in [1.29, 1.82) is 5.26 Å². The normalized spacial score (nSPS) is 25.6. The minimum Gasteiger partial charge on any atom is -0.496 e. The van der Waals surface area contributed by atoms with Crippen LogP contribution < -0.4 is 10.1 Å². The molecule has 1 aliphatic heterocycles. The van der Waals surface area contributed by atoms with Crippen LogP contribution in [0.15, 0.2) is 54.6 Å². The first-order valence-corrected chi connectivity index (χ1v) is 13.1. The number of aliphatic hydroxyl groups is 1. The van der Waals surface area contributed by atoms with Crippen molar-refractivity contribution in [3.8, 4) is 11.8 Å². The van der Waals surface area contributed by atoms with E-state index in [9.17, 15) is 20.0 Å². The molecule has 0 bridgehead atoms. The molecule has 1 heterocycles. The predicted octanol–water partition coefficient (Wildman–Crippen LogP) is 4.55. The molecular formula is C30H37N3O5. The Bertz CT molecular complexity index is 1190. The van der Waals surface area contributed by atoms with Gasteiger partial charge in [0.1, 0.15) is 17.4 Å². The summed E-state index contributed by atoms with van der Waals surface area (Å²) in [4.78, 5) is 28.4. The number of nitrogens with zero attached hydrogens (tertiary/aromatic N) is 2. The fourth-order valence-electron chi connectivity index (χ4n) is 6.07. The van der Waals surface area contributed by atoms with Crippen LogP contribution in [0.25, 0.3) is 0 Å². The maximum Gasteiger partial charge on any atom is 0.408 e. The quantitative estimate of drug-likeness (QED) is 0.579. The van der Waals surface area contributed by atoms with E-state index in [0.29, 0.717) is 42.8 Å². The molecule has 4 rings (SSSR count). The molecule has 1 saturated heterocycles. The van der Waals surface area contributed by atoms with Crippen molar-refractivity contribution in [2.45, 2.75) is 57.3 Å². The lowest BCUT2D eigenvalue weighted by molar-refractivity contribution is -0.133. The summed E-state index contributed by atoms with van der Waals surface area (Å²) in [7, 11) is 1.58. The second kappa shape index (κ2) is 11.0. The second-order valence-corrected chi connectivity index (χ2v) is 11.4. The first-order valence-electron chi connectivity index (χ1n) is 13.1. The van der Waals surface area contributed by atoms with Gasteiger partial charge in [-0.15, -0.1) is 0 Å². The number of hydrogen-bond acceptors (Lipinski definition) is 6. The number of methoxy groups -OCH3 is 1. The van der Waals surface area contributed by atoms with E-state index in [0.717, 1.165) is 6.42 Å². The molecule has 8 heteroatoms. The minimum atomic E-state index is -1.26. The summed E-state index contributed by atoms with van der Waals surface area (Å²) in [6, 6.07) is 17.9. The topological polar surface area (TPSA) is 112 Å². The van der Waals surface area contributed by atoms with Crippen LogP contribution in [0.3, 0.4) is 0 Å². The summed E-state index contributed by atoms with van der Waals surface area (Å²) in [5.41, 5.74) is -0.633. The number of fused-ring (bicyclic) bond motifs is 1. The number of amides is 2. The number of ether oxygens (including phenoxy) is 2. The molecule has 2 aromatic carbocycles. The van der Waals surface area contributed by atoms with Crippen LogP contribution >= 0.6 is 0 Å². The largest absolute Gasteiger partial charge is 0.496 e. The summed E-state index contributed by atoms with van der Waals surface area (Å²) < 4.78 is 11.0. The molecule has 1 aliphatic carbocycles. The van der Waals surface area contributed by atoms with Crippen molar-refractivity contribution < 1.29 is 24.2 Å². The van der Waals surface area contributed by atoms with Gasteiger partial charge in [-0.2, -0.15) is 5.26 Å². The van der Waals surface area contributed by atoms with Crippen LogP contribution in [0.1, 0.15) is 57.2 Å². The van der Waals surface area contributed by atoms with Gasteiger partial charge >= 0.3 is 6.09 Å². The van der Waals surface area contributed by atoms with E-state index < -0.39 is 23.3 Å². The molecule has 202 valence electrons. The molecule has 0 aromatic heterocycles. The van der Waals surface area contributed by atoms with Gasteiger partial charge in [0.15, 0.2) is 0 Å². The van der Waals surface area contributed by atoms with Gasteiger partial charge in [-0.25, -0.2) is 4.79 Å². The Labute approximate surface area is 224 Å². The van der Waals surface area contributed by atoms with Crippen LogP contribution in [0.2, 0.25) is 0 Å². The molecule has 5 atom stereocenters. The number of carbonyl (C=O) groups is 2. The van der Waals surface area contributed by atoms with Crippen molar-refractivity contribution in [3.63, 3.8) is 0 Å². The number of para-hydroxylation sites is 1. The number of nitrogens with one attached hydrogen (secondary N) is 1. The lowest BCUT2D eigenvalue weighted by Gasteiger charge is -2.45. The number of carbonyl (C=O) groups excluding carboxylic acids is 2. The average molecular weight is 520 g/mol. The lowest BCUT2D eigenvalue weighted by Crippen LogP contribution is -2.46. The third kappa shape index (κ3) is 5.78. The Morgan fingerprint density at radius 1 is 1.16 bits per heavy atom. The fourth-order valence-corrected chi connectivity index (χ4v) is 6.07.